The highest BCUT2D eigenvalue weighted by Crippen LogP contribution is 2.31. The Labute approximate surface area is 150 Å². The van der Waals surface area contributed by atoms with Gasteiger partial charge >= 0.3 is 0 Å². The lowest BCUT2D eigenvalue weighted by Crippen LogP contribution is -2.05. The Balaban J connectivity index is 1.92. The summed E-state index contributed by atoms with van der Waals surface area (Å²) in [5.41, 5.74) is 2.58. The van der Waals surface area contributed by atoms with Gasteiger partial charge in [-0.3, -0.25) is 0 Å². The summed E-state index contributed by atoms with van der Waals surface area (Å²) in [7, 11) is 0. The van der Waals surface area contributed by atoms with Gasteiger partial charge in [0.25, 0.3) is 5.89 Å². The molecule has 0 bridgehead atoms. The molecule has 0 N–H and O–H groups in total. The van der Waals surface area contributed by atoms with Crippen molar-refractivity contribution in [2.75, 3.05) is 0 Å². The Morgan fingerprint density at radius 2 is 1.88 bits per heavy atom. The van der Waals surface area contributed by atoms with Crippen LogP contribution in [0.2, 0.25) is 10.0 Å². The summed E-state index contributed by atoms with van der Waals surface area (Å²) >= 11 is 12.2. The highest BCUT2D eigenvalue weighted by molar-refractivity contribution is 6.32. The lowest BCUT2D eigenvalue weighted by Gasteiger charge is -2.11. The van der Waals surface area contributed by atoms with Crippen molar-refractivity contribution in [1.82, 2.24) is 10.1 Å². The maximum absolute atomic E-state index is 6.26. The van der Waals surface area contributed by atoms with Gasteiger partial charge in [0.1, 0.15) is 5.75 Å². The van der Waals surface area contributed by atoms with E-state index in [0.717, 1.165) is 16.7 Å². The molecule has 3 aromatic rings. The smallest absolute Gasteiger partial charge is 0.258 e. The van der Waals surface area contributed by atoms with Crippen molar-refractivity contribution in [2.24, 2.45) is 0 Å². The van der Waals surface area contributed by atoms with Crippen LogP contribution in [0.4, 0.5) is 0 Å². The largest absolute Gasteiger partial charge is 0.489 e. The lowest BCUT2D eigenvalue weighted by atomic mass is 10.1. The van der Waals surface area contributed by atoms with Crippen molar-refractivity contribution in [3.63, 3.8) is 0 Å². The number of rotatable bonds is 4. The van der Waals surface area contributed by atoms with Crippen molar-refractivity contribution in [2.45, 2.75) is 26.9 Å². The Bertz CT molecular complexity index is 875. The summed E-state index contributed by atoms with van der Waals surface area (Å²) in [6.45, 7) is 5.84. The van der Waals surface area contributed by atoms with Crippen LogP contribution in [0.3, 0.4) is 0 Å². The summed E-state index contributed by atoms with van der Waals surface area (Å²) in [6, 6.07) is 10.9. The number of hydrogen-bond donors (Lipinski definition) is 0. The highest BCUT2D eigenvalue weighted by Gasteiger charge is 2.14. The lowest BCUT2D eigenvalue weighted by molar-refractivity contribution is 0.242. The third kappa shape index (κ3) is 3.55. The Hall–Kier alpha value is -2.04. The molecule has 3 rings (SSSR count). The molecule has 4 nitrogen and oxygen atoms in total. The number of halogens is 2. The van der Waals surface area contributed by atoms with Crippen LogP contribution in [-0.2, 0) is 0 Å². The zero-order chi connectivity index (χ0) is 17.3. The summed E-state index contributed by atoms with van der Waals surface area (Å²) in [6.07, 6.45) is 0.0537. The van der Waals surface area contributed by atoms with E-state index in [-0.39, 0.29) is 6.10 Å². The maximum atomic E-state index is 6.26. The van der Waals surface area contributed by atoms with Crippen LogP contribution in [0.15, 0.2) is 40.9 Å². The number of ether oxygens (including phenoxy) is 1. The maximum Gasteiger partial charge on any atom is 0.258 e. The molecule has 2 aromatic carbocycles. The minimum atomic E-state index is 0.0537. The number of aryl methyl sites for hydroxylation is 1. The standard InChI is InChI=1S/C18H16Cl2N2O2/c1-10(2)23-16-7-4-12(9-15(16)20)17-21-18(24-22-17)14-6-5-13(19)8-11(14)3/h4-10H,1-3H3. The molecule has 0 amide bonds. The SMILES string of the molecule is Cc1cc(Cl)ccc1-c1nc(-c2ccc(OC(C)C)c(Cl)c2)no1. The molecule has 0 saturated heterocycles. The van der Waals surface area contributed by atoms with Crippen LogP contribution in [0, 0.1) is 6.92 Å². The van der Waals surface area contributed by atoms with Gasteiger partial charge in [-0.2, -0.15) is 4.98 Å². The van der Waals surface area contributed by atoms with E-state index in [1.165, 1.54) is 0 Å². The molecule has 0 aliphatic heterocycles. The normalized spacial score (nSPS) is 11.1. The molecular formula is C18H16Cl2N2O2. The number of aromatic nitrogens is 2. The van der Waals surface area contributed by atoms with Gasteiger partial charge in [0.2, 0.25) is 5.82 Å². The fraction of sp³-hybridized carbons (Fsp3) is 0.222. The third-order valence-electron chi connectivity index (χ3n) is 3.40. The fourth-order valence-corrected chi connectivity index (χ4v) is 2.76. The first-order valence-corrected chi connectivity index (χ1v) is 8.26. The fourth-order valence-electron chi connectivity index (χ4n) is 2.31. The van der Waals surface area contributed by atoms with Crippen LogP contribution in [-0.4, -0.2) is 16.2 Å². The molecule has 0 atom stereocenters. The first-order chi connectivity index (χ1) is 11.4. The highest BCUT2D eigenvalue weighted by atomic mass is 35.5. The molecule has 0 unspecified atom stereocenters. The van der Waals surface area contributed by atoms with Gasteiger partial charge in [0, 0.05) is 16.1 Å². The predicted molar refractivity (Wildman–Crippen MR) is 95.7 cm³/mol. The Morgan fingerprint density at radius 3 is 2.54 bits per heavy atom. The van der Waals surface area contributed by atoms with Crippen molar-refractivity contribution in [3.8, 4) is 28.6 Å². The first kappa shape index (κ1) is 16.8. The summed E-state index contributed by atoms with van der Waals surface area (Å²) < 4.78 is 11.0. The molecule has 24 heavy (non-hydrogen) atoms. The summed E-state index contributed by atoms with van der Waals surface area (Å²) in [4.78, 5) is 4.45. The quantitative estimate of drug-likeness (QED) is 0.587. The van der Waals surface area contributed by atoms with E-state index in [1.54, 1.807) is 18.2 Å². The van der Waals surface area contributed by atoms with Gasteiger partial charge in [-0.1, -0.05) is 28.4 Å². The molecule has 124 valence electrons. The second-order valence-corrected chi connectivity index (χ2v) is 6.54. The van der Waals surface area contributed by atoms with E-state index in [0.29, 0.717) is 27.5 Å². The summed E-state index contributed by atoms with van der Waals surface area (Å²) in [5, 5.41) is 5.22. The second kappa shape index (κ2) is 6.83. The number of nitrogens with zero attached hydrogens (tertiary/aromatic N) is 2. The predicted octanol–water partition coefficient (Wildman–Crippen LogP) is 5.81. The van der Waals surface area contributed by atoms with E-state index in [9.17, 15) is 0 Å². The average molecular weight is 363 g/mol. The van der Waals surface area contributed by atoms with E-state index in [4.69, 9.17) is 32.5 Å². The monoisotopic (exact) mass is 362 g/mol. The Kier molecular flexibility index (Phi) is 4.78. The van der Waals surface area contributed by atoms with Crippen molar-refractivity contribution in [3.05, 3.63) is 52.0 Å². The van der Waals surface area contributed by atoms with Crippen molar-refractivity contribution >= 4 is 23.2 Å². The first-order valence-electron chi connectivity index (χ1n) is 7.51. The van der Waals surface area contributed by atoms with E-state index >= 15 is 0 Å². The molecule has 0 spiro atoms. The van der Waals surface area contributed by atoms with E-state index < -0.39 is 0 Å². The minimum absolute atomic E-state index is 0.0537. The Morgan fingerprint density at radius 1 is 1.08 bits per heavy atom. The second-order valence-electron chi connectivity index (χ2n) is 5.69. The van der Waals surface area contributed by atoms with Crippen LogP contribution in [0.25, 0.3) is 22.8 Å². The van der Waals surface area contributed by atoms with Crippen molar-refractivity contribution < 1.29 is 9.26 Å². The summed E-state index contributed by atoms with van der Waals surface area (Å²) in [5.74, 6) is 1.54. The van der Waals surface area contributed by atoms with Crippen molar-refractivity contribution in [1.29, 1.82) is 0 Å². The van der Waals surface area contributed by atoms with E-state index in [2.05, 4.69) is 10.1 Å². The van der Waals surface area contributed by atoms with Gasteiger partial charge in [-0.25, -0.2) is 0 Å². The van der Waals surface area contributed by atoms with Gasteiger partial charge < -0.3 is 9.26 Å². The van der Waals surface area contributed by atoms with Crippen LogP contribution >= 0.6 is 23.2 Å². The third-order valence-corrected chi connectivity index (χ3v) is 3.93. The molecule has 6 heteroatoms. The molecule has 0 aliphatic carbocycles. The molecule has 0 radical (unpaired) electrons. The van der Waals surface area contributed by atoms with Crippen LogP contribution < -0.4 is 4.74 Å². The van der Waals surface area contributed by atoms with E-state index in [1.807, 2.05) is 39.0 Å². The van der Waals surface area contributed by atoms with Gasteiger partial charge in [0.05, 0.1) is 11.1 Å². The average Bonchev–Trinajstić information content (AvgIpc) is 2.98. The molecule has 1 heterocycles. The van der Waals surface area contributed by atoms with Crippen LogP contribution in [0.1, 0.15) is 19.4 Å². The molecule has 0 aliphatic rings. The molecule has 0 fully saturated rings. The number of benzene rings is 2. The molecule has 0 saturated carbocycles. The van der Waals surface area contributed by atoms with Gasteiger partial charge in [-0.15, -0.1) is 0 Å². The van der Waals surface area contributed by atoms with Gasteiger partial charge in [-0.05, 0) is 62.7 Å². The minimum Gasteiger partial charge on any atom is -0.489 e. The molecular weight excluding hydrogens is 347 g/mol. The van der Waals surface area contributed by atoms with Crippen LogP contribution in [0.5, 0.6) is 5.75 Å². The topological polar surface area (TPSA) is 48.2 Å². The molecule has 1 aromatic heterocycles. The zero-order valence-electron chi connectivity index (χ0n) is 13.5. The number of hydrogen-bond acceptors (Lipinski definition) is 4. The van der Waals surface area contributed by atoms with Gasteiger partial charge in [0.15, 0.2) is 0 Å². The zero-order valence-corrected chi connectivity index (χ0v) is 15.0.